The maximum Gasteiger partial charge on any atom is 0.270 e. The molecule has 4 rings (SSSR count). The number of aromatic amines is 1. The van der Waals surface area contributed by atoms with Gasteiger partial charge in [0.25, 0.3) is 5.69 Å². The van der Waals surface area contributed by atoms with Gasteiger partial charge >= 0.3 is 0 Å². The Kier molecular flexibility index (Phi) is 5.17. The number of hydrogen-bond donors (Lipinski definition) is 1. The van der Waals surface area contributed by atoms with E-state index in [0.29, 0.717) is 16.9 Å². The Hall–Kier alpha value is -4.13. The van der Waals surface area contributed by atoms with Crippen molar-refractivity contribution < 1.29 is 14.5 Å². The number of non-ortho nitro benzene ring substituents is 1. The molecule has 0 spiro atoms. The first-order chi connectivity index (χ1) is 14.5. The molecule has 148 valence electrons. The summed E-state index contributed by atoms with van der Waals surface area (Å²) in [6, 6.07) is 21.6. The summed E-state index contributed by atoms with van der Waals surface area (Å²) in [6.07, 6.45) is -0.158. The van der Waals surface area contributed by atoms with Crippen molar-refractivity contribution in [2.24, 2.45) is 0 Å². The first-order valence-electron chi connectivity index (χ1n) is 9.34. The van der Waals surface area contributed by atoms with E-state index >= 15 is 0 Å². The smallest absolute Gasteiger partial charge is 0.270 e. The number of ketones is 2. The number of nitro groups is 1. The van der Waals surface area contributed by atoms with Crippen LogP contribution < -0.4 is 0 Å². The van der Waals surface area contributed by atoms with Gasteiger partial charge in [0.2, 0.25) is 0 Å². The van der Waals surface area contributed by atoms with Crippen LogP contribution in [0.4, 0.5) is 5.69 Å². The van der Waals surface area contributed by atoms with E-state index in [2.05, 4.69) is 9.97 Å². The lowest BCUT2D eigenvalue weighted by molar-refractivity contribution is -0.384. The van der Waals surface area contributed by atoms with E-state index in [1.165, 1.54) is 24.3 Å². The topological polar surface area (TPSA) is 106 Å². The molecule has 0 aliphatic rings. The number of aromatic nitrogens is 2. The van der Waals surface area contributed by atoms with Gasteiger partial charge in [-0.1, -0.05) is 54.6 Å². The normalized spacial score (nSPS) is 11.9. The van der Waals surface area contributed by atoms with Crippen LogP contribution in [-0.4, -0.2) is 26.5 Å². The zero-order chi connectivity index (χ0) is 21.1. The second kappa shape index (κ2) is 8.08. The van der Waals surface area contributed by atoms with E-state index in [-0.39, 0.29) is 29.2 Å². The number of nitrogens with zero attached hydrogens (tertiary/aromatic N) is 2. The molecular weight excluding hydrogens is 382 g/mol. The summed E-state index contributed by atoms with van der Waals surface area (Å²) in [5, 5.41) is 11.0. The Balaban J connectivity index is 1.71. The molecular formula is C23H17N3O4. The molecule has 0 amide bonds. The maximum atomic E-state index is 13.2. The zero-order valence-corrected chi connectivity index (χ0v) is 15.8. The van der Waals surface area contributed by atoms with Crippen LogP contribution >= 0.6 is 0 Å². The Morgan fingerprint density at radius 1 is 0.933 bits per heavy atom. The number of benzene rings is 3. The van der Waals surface area contributed by atoms with Crippen molar-refractivity contribution in [1.82, 2.24) is 9.97 Å². The molecule has 0 saturated heterocycles. The molecule has 4 aromatic rings. The summed E-state index contributed by atoms with van der Waals surface area (Å²) in [7, 11) is 0. The van der Waals surface area contributed by atoms with E-state index in [9.17, 15) is 19.7 Å². The highest BCUT2D eigenvalue weighted by Crippen LogP contribution is 2.27. The molecule has 0 aliphatic carbocycles. The second-order valence-electron chi connectivity index (χ2n) is 6.86. The van der Waals surface area contributed by atoms with Crippen LogP contribution in [0.25, 0.3) is 11.0 Å². The van der Waals surface area contributed by atoms with Crippen LogP contribution in [0.15, 0.2) is 78.9 Å². The first kappa shape index (κ1) is 19.2. The number of H-pyrrole nitrogens is 1. The number of carbonyl (C=O) groups excluding carboxylic acids is 2. The van der Waals surface area contributed by atoms with Crippen molar-refractivity contribution in [1.29, 1.82) is 0 Å². The van der Waals surface area contributed by atoms with Crippen LogP contribution in [-0.2, 0) is 0 Å². The lowest BCUT2D eigenvalue weighted by Gasteiger charge is -2.13. The summed E-state index contributed by atoms with van der Waals surface area (Å²) in [4.78, 5) is 44.3. The van der Waals surface area contributed by atoms with Crippen LogP contribution in [0.2, 0.25) is 0 Å². The molecule has 30 heavy (non-hydrogen) atoms. The van der Waals surface area contributed by atoms with Gasteiger partial charge in [0, 0.05) is 29.7 Å². The molecule has 0 fully saturated rings. The standard InChI is InChI=1S/C23H17N3O4/c27-21(16-9-6-10-17(13-16)26(29)30)14-18(22(28)15-7-2-1-3-8-15)23-24-19-11-4-5-12-20(19)25-23/h1-13,18H,14H2,(H,24,25)/t18-/m0/s1. The number of carbonyl (C=O) groups is 2. The summed E-state index contributed by atoms with van der Waals surface area (Å²) >= 11 is 0. The van der Waals surface area contributed by atoms with Crippen molar-refractivity contribution in [2.45, 2.75) is 12.3 Å². The number of para-hydroxylation sites is 2. The van der Waals surface area contributed by atoms with Gasteiger partial charge in [0.1, 0.15) is 5.82 Å². The molecule has 1 aromatic heterocycles. The number of imidazole rings is 1. The van der Waals surface area contributed by atoms with E-state index in [0.717, 1.165) is 5.52 Å². The minimum absolute atomic E-state index is 0.158. The minimum Gasteiger partial charge on any atom is -0.341 e. The second-order valence-corrected chi connectivity index (χ2v) is 6.86. The molecule has 1 atom stereocenters. The van der Waals surface area contributed by atoms with Gasteiger partial charge in [-0.25, -0.2) is 4.98 Å². The average molecular weight is 399 g/mol. The van der Waals surface area contributed by atoms with Gasteiger partial charge in [-0.3, -0.25) is 19.7 Å². The first-order valence-corrected chi connectivity index (χ1v) is 9.34. The van der Waals surface area contributed by atoms with Crippen molar-refractivity contribution in [3.63, 3.8) is 0 Å². The lowest BCUT2D eigenvalue weighted by atomic mass is 9.90. The fourth-order valence-electron chi connectivity index (χ4n) is 3.35. The fraction of sp³-hybridized carbons (Fsp3) is 0.0870. The molecule has 0 unspecified atom stereocenters. The number of nitro benzene ring substituents is 1. The van der Waals surface area contributed by atoms with Gasteiger partial charge in [-0.2, -0.15) is 0 Å². The monoisotopic (exact) mass is 399 g/mol. The molecule has 1 N–H and O–H groups in total. The number of hydrogen-bond acceptors (Lipinski definition) is 5. The molecule has 7 heteroatoms. The van der Waals surface area contributed by atoms with E-state index in [4.69, 9.17) is 0 Å². The Morgan fingerprint density at radius 2 is 1.63 bits per heavy atom. The molecule has 7 nitrogen and oxygen atoms in total. The number of nitrogens with one attached hydrogen (secondary N) is 1. The fourth-order valence-corrected chi connectivity index (χ4v) is 3.35. The van der Waals surface area contributed by atoms with Crippen molar-refractivity contribution in [3.05, 3.63) is 106 Å². The minimum atomic E-state index is -0.841. The van der Waals surface area contributed by atoms with Gasteiger partial charge in [0.15, 0.2) is 11.6 Å². The van der Waals surface area contributed by atoms with Crippen LogP contribution in [0.3, 0.4) is 0 Å². The number of fused-ring (bicyclic) bond motifs is 1. The van der Waals surface area contributed by atoms with Crippen LogP contribution in [0.1, 0.15) is 38.9 Å². The van der Waals surface area contributed by atoms with E-state index in [1.807, 2.05) is 24.3 Å². The molecule has 3 aromatic carbocycles. The number of rotatable bonds is 7. The van der Waals surface area contributed by atoms with Gasteiger partial charge in [-0.15, -0.1) is 0 Å². The van der Waals surface area contributed by atoms with Gasteiger partial charge in [0.05, 0.1) is 21.9 Å². The Labute approximate surface area is 171 Å². The predicted octanol–water partition coefficient (Wildman–Crippen LogP) is 4.71. The zero-order valence-electron chi connectivity index (χ0n) is 15.8. The maximum absolute atomic E-state index is 13.2. The van der Waals surface area contributed by atoms with E-state index in [1.54, 1.807) is 30.3 Å². The summed E-state index contributed by atoms with van der Waals surface area (Å²) in [6.45, 7) is 0. The van der Waals surface area contributed by atoms with E-state index < -0.39 is 10.8 Å². The van der Waals surface area contributed by atoms with Crippen LogP contribution in [0, 0.1) is 10.1 Å². The largest absolute Gasteiger partial charge is 0.341 e. The SMILES string of the molecule is O=C(C[C@@H](C(=O)c1ccccc1)c1nc2ccccc2[nH]1)c1cccc([N+](=O)[O-])c1. The van der Waals surface area contributed by atoms with Crippen molar-refractivity contribution in [3.8, 4) is 0 Å². The van der Waals surface area contributed by atoms with Gasteiger partial charge < -0.3 is 4.98 Å². The molecule has 0 radical (unpaired) electrons. The third-order valence-electron chi connectivity index (χ3n) is 4.88. The lowest BCUT2D eigenvalue weighted by Crippen LogP contribution is -2.18. The highest BCUT2D eigenvalue weighted by molar-refractivity contribution is 6.06. The summed E-state index contributed by atoms with van der Waals surface area (Å²) in [5.41, 5.74) is 1.94. The van der Waals surface area contributed by atoms with Gasteiger partial charge in [-0.05, 0) is 12.1 Å². The Bertz CT molecular complexity index is 1210. The molecule has 1 heterocycles. The molecule has 0 bridgehead atoms. The van der Waals surface area contributed by atoms with Crippen molar-refractivity contribution in [2.75, 3.05) is 0 Å². The third-order valence-corrected chi connectivity index (χ3v) is 4.88. The highest BCUT2D eigenvalue weighted by atomic mass is 16.6. The quantitative estimate of drug-likeness (QED) is 0.275. The molecule has 0 aliphatic heterocycles. The Morgan fingerprint density at radius 3 is 2.37 bits per heavy atom. The third kappa shape index (κ3) is 3.86. The van der Waals surface area contributed by atoms with Crippen LogP contribution in [0.5, 0.6) is 0 Å². The number of Topliss-reactive ketones (excluding diaryl/α,β-unsaturated/α-hetero) is 2. The van der Waals surface area contributed by atoms with Crippen molar-refractivity contribution >= 4 is 28.3 Å². The summed E-state index contributed by atoms with van der Waals surface area (Å²) < 4.78 is 0. The average Bonchev–Trinajstić information content (AvgIpc) is 3.21. The highest BCUT2D eigenvalue weighted by Gasteiger charge is 2.28. The summed E-state index contributed by atoms with van der Waals surface area (Å²) in [5.74, 6) is -1.06. The molecule has 0 saturated carbocycles. The predicted molar refractivity (Wildman–Crippen MR) is 112 cm³/mol.